The van der Waals surface area contributed by atoms with Gasteiger partial charge in [-0.1, -0.05) is 18.7 Å². The standard InChI is InChI=1S/C18H24FNO3/c1-4-14(16(19)15(5-2)18(22)23-3)13-7-6-10-20(11-13)17(21)12-8-9-12/h4-5,12-13H,1,6-11H2,2-3H3/b15-5+,16-14-. The Balaban J connectivity index is 2.21. The molecule has 0 aromatic heterocycles. The van der Waals surface area contributed by atoms with E-state index in [-0.39, 0.29) is 23.3 Å². The van der Waals surface area contributed by atoms with Gasteiger partial charge in [0.05, 0.1) is 12.7 Å². The van der Waals surface area contributed by atoms with Crippen molar-refractivity contribution in [2.75, 3.05) is 20.2 Å². The number of hydrogen-bond donors (Lipinski definition) is 0. The molecule has 1 aliphatic heterocycles. The van der Waals surface area contributed by atoms with Gasteiger partial charge in [-0.15, -0.1) is 0 Å². The molecule has 1 amide bonds. The van der Waals surface area contributed by atoms with Crippen LogP contribution in [0.25, 0.3) is 0 Å². The van der Waals surface area contributed by atoms with E-state index in [1.54, 1.807) is 6.92 Å². The van der Waals surface area contributed by atoms with E-state index in [0.717, 1.165) is 32.2 Å². The van der Waals surface area contributed by atoms with E-state index in [0.29, 0.717) is 12.1 Å². The predicted molar refractivity (Wildman–Crippen MR) is 86.1 cm³/mol. The number of carbonyl (C=O) groups excluding carboxylic acids is 2. The molecule has 1 aliphatic carbocycles. The van der Waals surface area contributed by atoms with Gasteiger partial charge < -0.3 is 9.64 Å². The van der Waals surface area contributed by atoms with E-state index in [1.165, 1.54) is 19.3 Å². The first kappa shape index (κ1) is 17.4. The molecule has 126 valence electrons. The fourth-order valence-corrected chi connectivity index (χ4v) is 3.05. The molecule has 2 fully saturated rings. The van der Waals surface area contributed by atoms with Crippen molar-refractivity contribution in [3.63, 3.8) is 0 Å². The molecule has 0 spiro atoms. The molecule has 0 radical (unpaired) electrons. The minimum Gasteiger partial charge on any atom is -0.465 e. The fourth-order valence-electron chi connectivity index (χ4n) is 3.05. The lowest BCUT2D eigenvalue weighted by molar-refractivity contribution is -0.136. The molecule has 0 aromatic rings. The number of carbonyl (C=O) groups is 2. The van der Waals surface area contributed by atoms with E-state index in [9.17, 15) is 14.0 Å². The summed E-state index contributed by atoms with van der Waals surface area (Å²) in [6, 6.07) is 0. The Kier molecular flexibility index (Phi) is 5.74. The number of methoxy groups -OCH3 is 1. The van der Waals surface area contributed by atoms with Crippen LogP contribution < -0.4 is 0 Å². The minimum absolute atomic E-state index is 0.0898. The van der Waals surface area contributed by atoms with Crippen LogP contribution >= 0.6 is 0 Å². The largest absolute Gasteiger partial charge is 0.465 e. The van der Waals surface area contributed by atoms with Crippen molar-refractivity contribution in [2.45, 2.75) is 32.6 Å². The van der Waals surface area contributed by atoms with Crippen molar-refractivity contribution in [3.05, 3.63) is 35.7 Å². The minimum atomic E-state index is -0.703. The molecule has 0 N–H and O–H groups in total. The normalized spacial score (nSPS) is 23.2. The lowest BCUT2D eigenvalue weighted by atomic mass is 9.88. The zero-order valence-electron chi connectivity index (χ0n) is 13.8. The third-order valence-corrected chi connectivity index (χ3v) is 4.50. The van der Waals surface area contributed by atoms with Crippen LogP contribution in [0.3, 0.4) is 0 Å². The first-order valence-electron chi connectivity index (χ1n) is 8.09. The second kappa shape index (κ2) is 7.57. The summed E-state index contributed by atoms with van der Waals surface area (Å²) in [5, 5.41) is 0. The molecule has 2 aliphatic rings. The summed E-state index contributed by atoms with van der Waals surface area (Å²) in [7, 11) is 1.23. The van der Waals surface area contributed by atoms with Crippen molar-refractivity contribution in [2.24, 2.45) is 11.8 Å². The number of hydrogen-bond acceptors (Lipinski definition) is 3. The van der Waals surface area contributed by atoms with Gasteiger partial charge >= 0.3 is 5.97 Å². The highest BCUT2D eigenvalue weighted by molar-refractivity contribution is 5.92. The molecule has 5 heteroatoms. The van der Waals surface area contributed by atoms with Crippen molar-refractivity contribution in [1.82, 2.24) is 4.90 Å². The highest BCUT2D eigenvalue weighted by atomic mass is 19.1. The maximum Gasteiger partial charge on any atom is 0.340 e. The number of halogens is 1. The zero-order valence-corrected chi connectivity index (χ0v) is 13.8. The van der Waals surface area contributed by atoms with Crippen LogP contribution in [-0.2, 0) is 14.3 Å². The monoisotopic (exact) mass is 321 g/mol. The molecule has 2 rings (SSSR count). The Hall–Kier alpha value is -1.91. The van der Waals surface area contributed by atoms with E-state index < -0.39 is 11.8 Å². The Morgan fingerprint density at radius 3 is 2.48 bits per heavy atom. The van der Waals surface area contributed by atoms with E-state index in [4.69, 9.17) is 0 Å². The Morgan fingerprint density at radius 2 is 1.96 bits per heavy atom. The topological polar surface area (TPSA) is 46.6 Å². The predicted octanol–water partition coefficient (Wildman–Crippen LogP) is 3.16. The maximum atomic E-state index is 14.8. The Morgan fingerprint density at radius 1 is 1.26 bits per heavy atom. The SMILES string of the molecule is C=C/C(=C(F)\C(=C/C)C(=O)OC)C1CCCN(C(=O)C2CC2)C1. The van der Waals surface area contributed by atoms with Crippen LogP contribution in [0.1, 0.15) is 32.6 Å². The summed E-state index contributed by atoms with van der Waals surface area (Å²) in [6.45, 7) is 6.51. The second-order valence-corrected chi connectivity index (χ2v) is 6.07. The Bertz CT molecular complexity index is 561. The molecule has 23 heavy (non-hydrogen) atoms. The van der Waals surface area contributed by atoms with Crippen LogP contribution in [0.5, 0.6) is 0 Å². The van der Waals surface area contributed by atoms with Crippen molar-refractivity contribution < 1.29 is 18.7 Å². The Labute approximate surface area is 136 Å². The van der Waals surface area contributed by atoms with E-state index >= 15 is 0 Å². The molecule has 1 unspecified atom stereocenters. The van der Waals surface area contributed by atoms with Crippen LogP contribution in [0.2, 0.25) is 0 Å². The number of likely N-dealkylation sites (tertiary alicyclic amines) is 1. The maximum absolute atomic E-state index is 14.8. The zero-order chi connectivity index (χ0) is 17.0. The molecule has 0 aromatic carbocycles. The van der Waals surface area contributed by atoms with Gasteiger partial charge in [-0.05, 0) is 38.2 Å². The van der Waals surface area contributed by atoms with Gasteiger partial charge in [0.25, 0.3) is 0 Å². The molecule has 1 saturated heterocycles. The van der Waals surface area contributed by atoms with Crippen molar-refractivity contribution in [3.8, 4) is 0 Å². The molecule has 1 saturated carbocycles. The summed E-state index contributed by atoms with van der Waals surface area (Å²) in [5.74, 6) is -1.09. The van der Waals surface area contributed by atoms with Gasteiger partial charge in [0.2, 0.25) is 5.91 Å². The average Bonchev–Trinajstić information content (AvgIpc) is 3.40. The first-order chi connectivity index (χ1) is 11.0. The lowest BCUT2D eigenvalue weighted by Crippen LogP contribution is -2.41. The molecular formula is C18H24FNO3. The summed E-state index contributed by atoms with van der Waals surface area (Å²) in [4.78, 5) is 25.8. The van der Waals surface area contributed by atoms with Gasteiger partial charge in [-0.3, -0.25) is 4.79 Å². The van der Waals surface area contributed by atoms with Crippen LogP contribution in [0.15, 0.2) is 35.7 Å². The third-order valence-electron chi connectivity index (χ3n) is 4.50. The summed E-state index contributed by atoms with van der Waals surface area (Å²) in [5.41, 5.74) is 0.296. The number of ether oxygens (including phenoxy) is 1. The number of allylic oxidation sites excluding steroid dienone is 2. The van der Waals surface area contributed by atoms with Crippen molar-refractivity contribution in [1.29, 1.82) is 0 Å². The van der Waals surface area contributed by atoms with Crippen LogP contribution in [0, 0.1) is 11.8 Å². The molecular weight excluding hydrogens is 297 g/mol. The number of piperidine rings is 1. The highest BCUT2D eigenvalue weighted by Crippen LogP contribution is 2.35. The van der Waals surface area contributed by atoms with Crippen LogP contribution in [-0.4, -0.2) is 37.0 Å². The van der Waals surface area contributed by atoms with E-state index in [1.807, 2.05) is 4.90 Å². The molecule has 1 atom stereocenters. The highest BCUT2D eigenvalue weighted by Gasteiger charge is 2.36. The summed E-state index contributed by atoms with van der Waals surface area (Å²) in [6.07, 6.45) is 6.39. The number of nitrogens with zero attached hydrogens (tertiary/aromatic N) is 1. The van der Waals surface area contributed by atoms with Gasteiger partial charge in [0.15, 0.2) is 0 Å². The third kappa shape index (κ3) is 3.89. The number of esters is 1. The first-order valence-corrected chi connectivity index (χ1v) is 8.09. The fraction of sp³-hybridized carbons (Fsp3) is 0.556. The number of rotatable bonds is 5. The van der Waals surface area contributed by atoms with Crippen molar-refractivity contribution >= 4 is 11.9 Å². The number of amides is 1. The summed E-state index contributed by atoms with van der Waals surface area (Å²) >= 11 is 0. The smallest absolute Gasteiger partial charge is 0.340 e. The van der Waals surface area contributed by atoms with Gasteiger partial charge in [-0.2, -0.15) is 0 Å². The average molecular weight is 321 g/mol. The van der Waals surface area contributed by atoms with Gasteiger partial charge in [-0.25, -0.2) is 9.18 Å². The second-order valence-electron chi connectivity index (χ2n) is 6.07. The molecule has 4 nitrogen and oxygen atoms in total. The summed E-state index contributed by atoms with van der Waals surface area (Å²) < 4.78 is 19.4. The molecule has 0 bridgehead atoms. The van der Waals surface area contributed by atoms with E-state index in [2.05, 4.69) is 11.3 Å². The van der Waals surface area contributed by atoms with Gasteiger partial charge in [0, 0.05) is 24.9 Å². The quantitative estimate of drug-likeness (QED) is 0.444. The van der Waals surface area contributed by atoms with Gasteiger partial charge in [0.1, 0.15) is 5.83 Å². The molecule has 1 heterocycles. The lowest BCUT2D eigenvalue weighted by Gasteiger charge is -2.33. The van der Waals surface area contributed by atoms with Crippen LogP contribution in [0.4, 0.5) is 4.39 Å².